The number of halogens is 6. The van der Waals surface area contributed by atoms with Crippen molar-refractivity contribution in [3.8, 4) is 0 Å². The molecule has 0 aromatic rings. The van der Waals surface area contributed by atoms with Crippen LogP contribution < -0.4 is 0 Å². The molecule has 1 saturated carbocycles. The maximum Gasteiger partial charge on any atom is 0.409 e. The van der Waals surface area contributed by atoms with E-state index in [1.54, 1.807) is 0 Å². The van der Waals surface area contributed by atoms with E-state index in [9.17, 15) is 35.9 Å². The van der Waals surface area contributed by atoms with Crippen molar-refractivity contribution in [1.29, 1.82) is 0 Å². The molecule has 10 heteroatoms. The van der Waals surface area contributed by atoms with Crippen molar-refractivity contribution >= 4 is 11.9 Å². The number of hydrogen-bond acceptors (Lipinski definition) is 2. The van der Waals surface area contributed by atoms with E-state index in [4.69, 9.17) is 5.11 Å². The van der Waals surface area contributed by atoms with Crippen molar-refractivity contribution in [2.24, 2.45) is 5.92 Å². The first-order chi connectivity index (χ1) is 9.44. The molecule has 122 valence electrons. The number of rotatable bonds is 4. The van der Waals surface area contributed by atoms with E-state index in [2.05, 4.69) is 0 Å². The van der Waals surface area contributed by atoms with Gasteiger partial charge in [-0.2, -0.15) is 26.3 Å². The largest absolute Gasteiger partial charge is 0.480 e. The van der Waals surface area contributed by atoms with E-state index >= 15 is 0 Å². The molecular formula is C11H13F6NO3. The Labute approximate surface area is 115 Å². The smallest absolute Gasteiger partial charge is 0.409 e. The number of alkyl halides is 6. The van der Waals surface area contributed by atoms with Crippen LogP contribution in [-0.2, 0) is 9.59 Å². The predicted molar refractivity (Wildman–Crippen MR) is 57.2 cm³/mol. The van der Waals surface area contributed by atoms with Gasteiger partial charge in [-0.05, 0) is 12.8 Å². The summed E-state index contributed by atoms with van der Waals surface area (Å²) in [5.74, 6) is -8.09. The lowest BCUT2D eigenvalue weighted by molar-refractivity contribution is -0.278. The summed E-state index contributed by atoms with van der Waals surface area (Å²) in [6, 6.07) is -0.902. The highest BCUT2D eigenvalue weighted by molar-refractivity contribution is 5.84. The molecule has 1 fully saturated rings. The number of hydrogen-bond donors (Lipinski definition) is 1. The molecule has 0 spiro atoms. The molecule has 1 aliphatic carbocycles. The normalized spacial score (nSPS) is 17.3. The van der Waals surface area contributed by atoms with Crippen molar-refractivity contribution in [2.75, 3.05) is 6.54 Å². The van der Waals surface area contributed by atoms with Crippen LogP contribution in [0.2, 0.25) is 0 Å². The molecule has 1 aliphatic rings. The van der Waals surface area contributed by atoms with Gasteiger partial charge in [-0.25, -0.2) is 0 Å². The van der Waals surface area contributed by atoms with Crippen LogP contribution in [0.3, 0.4) is 0 Å². The average molecular weight is 321 g/mol. The second-order valence-electron chi connectivity index (χ2n) is 4.81. The first kappa shape index (κ1) is 17.6. The molecule has 0 atom stereocenters. The highest BCUT2D eigenvalue weighted by Gasteiger charge is 2.62. The molecule has 1 rings (SSSR count). The zero-order chi connectivity index (χ0) is 16.4. The third-order valence-electron chi connectivity index (χ3n) is 3.26. The standard InChI is InChI=1S/C11H13F6NO3/c12-10(13,14)8(11(15,16)17)9(21)18(5-7(19)20)6-3-1-2-4-6/h6,8H,1-5H2,(H,19,20). The van der Waals surface area contributed by atoms with Crippen LogP contribution in [0.1, 0.15) is 25.7 Å². The van der Waals surface area contributed by atoms with Gasteiger partial charge in [-0.15, -0.1) is 0 Å². The summed E-state index contributed by atoms with van der Waals surface area (Å²) in [5.41, 5.74) is 0. The summed E-state index contributed by atoms with van der Waals surface area (Å²) in [4.78, 5) is 22.5. The minimum absolute atomic E-state index is 0.195. The number of carboxylic acid groups (broad SMARTS) is 1. The van der Waals surface area contributed by atoms with Crippen LogP contribution in [0, 0.1) is 5.92 Å². The van der Waals surface area contributed by atoms with Crippen molar-refractivity contribution in [3.05, 3.63) is 0 Å². The number of carboxylic acids is 1. The van der Waals surface area contributed by atoms with Crippen LogP contribution in [0.25, 0.3) is 0 Å². The zero-order valence-corrected chi connectivity index (χ0v) is 10.7. The Morgan fingerprint density at radius 2 is 1.48 bits per heavy atom. The van der Waals surface area contributed by atoms with Crippen LogP contribution in [0.4, 0.5) is 26.3 Å². The maximum absolute atomic E-state index is 12.5. The van der Waals surface area contributed by atoms with Gasteiger partial charge < -0.3 is 10.0 Å². The van der Waals surface area contributed by atoms with Gasteiger partial charge in [0.2, 0.25) is 11.8 Å². The second kappa shape index (κ2) is 6.10. The Hall–Kier alpha value is -1.48. The number of aliphatic carboxylic acids is 1. The lowest BCUT2D eigenvalue weighted by Crippen LogP contribution is -2.53. The van der Waals surface area contributed by atoms with Gasteiger partial charge in [-0.3, -0.25) is 9.59 Å². The molecule has 0 unspecified atom stereocenters. The Balaban J connectivity index is 3.08. The Bertz CT molecular complexity index is 386. The molecule has 4 nitrogen and oxygen atoms in total. The fourth-order valence-electron chi connectivity index (χ4n) is 2.38. The lowest BCUT2D eigenvalue weighted by Gasteiger charge is -2.32. The molecule has 0 heterocycles. The van der Waals surface area contributed by atoms with Crippen molar-refractivity contribution in [3.63, 3.8) is 0 Å². The minimum atomic E-state index is -5.81. The van der Waals surface area contributed by atoms with Gasteiger partial charge in [0, 0.05) is 6.04 Å². The van der Waals surface area contributed by atoms with Gasteiger partial charge in [0.05, 0.1) is 0 Å². The Morgan fingerprint density at radius 3 is 1.81 bits per heavy atom. The lowest BCUT2D eigenvalue weighted by atomic mass is 10.0. The van der Waals surface area contributed by atoms with E-state index in [1.807, 2.05) is 0 Å². The molecule has 1 amide bonds. The Morgan fingerprint density at radius 1 is 1.05 bits per heavy atom. The van der Waals surface area contributed by atoms with Gasteiger partial charge in [0.15, 0.2) is 0 Å². The molecule has 0 saturated heterocycles. The molecule has 0 radical (unpaired) electrons. The molecule has 1 N–H and O–H groups in total. The number of carbonyl (C=O) groups excluding carboxylic acids is 1. The summed E-state index contributed by atoms with van der Waals surface area (Å²) >= 11 is 0. The van der Waals surface area contributed by atoms with E-state index in [1.165, 1.54) is 0 Å². The van der Waals surface area contributed by atoms with Crippen LogP contribution in [-0.4, -0.2) is 46.8 Å². The summed E-state index contributed by atoms with van der Waals surface area (Å²) in [6.07, 6.45) is -10.2. The van der Waals surface area contributed by atoms with E-state index < -0.39 is 42.7 Å². The third kappa shape index (κ3) is 4.50. The Kier molecular flexibility index (Phi) is 5.11. The number of nitrogens with zero attached hydrogens (tertiary/aromatic N) is 1. The second-order valence-corrected chi connectivity index (χ2v) is 4.81. The van der Waals surface area contributed by atoms with Crippen molar-refractivity contribution in [1.82, 2.24) is 4.90 Å². The molecule has 0 aromatic carbocycles. The fourth-order valence-corrected chi connectivity index (χ4v) is 2.38. The molecule has 0 aliphatic heterocycles. The highest BCUT2D eigenvalue weighted by Crippen LogP contribution is 2.41. The number of amides is 1. The highest BCUT2D eigenvalue weighted by atomic mass is 19.4. The minimum Gasteiger partial charge on any atom is -0.480 e. The van der Waals surface area contributed by atoms with Gasteiger partial charge in [0.25, 0.3) is 0 Å². The summed E-state index contributed by atoms with van der Waals surface area (Å²) in [6.45, 7) is -1.17. The molecule has 0 bridgehead atoms. The molecule has 21 heavy (non-hydrogen) atoms. The van der Waals surface area contributed by atoms with Gasteiger partial charge in [0.1, 0.15) is 6.54 Å². The molecular weight excluding hydrogens is 308 g/mol. The fraction of sp³-hybridized carbons (Fsp3) is 0.818. The zero-order valence-electron chi connectivity index (χ0n) is 10.7. The van der Waals surface area contributed by atoms with Crippen LogP contribution >= 0.6 is 0 Å². The van der Waals surface area contributed by atoms with Crippen molar-refractivity contribution < 1.29 is 41.0 Å². The summed E-state index contributed by atoms with van der Waals surface area (Å²) in [5, 5.41) is 8.62. The SMILES string of the molecule is O=C(O)CN(C(=O)C(C(F)(F)F)C(F)(F)F)C1CCCC1. The maximum atomic E-state index is 12.5. The number of carbonyl (C=O) groups is 2. The van der Waals surface area contributed by atoms with E-state index in [-0.39, 0.29) is 17.7 Å². The first-order valence-electron chi connectivity index (χ1n) is 6.10. The van der Waals surface area contributed by atoms with Crippen molar-refractivity contribution in [2.45, 2.75) is 44.1 Å². The van der Waals surface area contributed by atoms with Crippen LogP contribution in [0.15, 0.2) is 0 Å². The molecule has 0 aromatic heterocycles. The van der Waals surface area contributed by atoms with E-state index in [0.29, 0.717) is 12.8 Å². The van der Waals surface area contributed by atoms with E-state index in [0.717, 1.165) is 0 Å². The first-order valence-corrected chi connectivity index (χ1v) is 6.10. The van der Waals surface area contributed by atoms with Gasteiger partial charge in [-0.1, -0.05) is 12.8 Å². The summed E-state index contributed by atoms with van der Waals surface area (Å²) < 4.78 is 75.2. The quantitative estimate of drug-likeness (QED) is 0.810. The van der Waals surface area contributed by atoms with Gasteiger partial charge >= 0.3 is 18.3 Å². The predicted octanol–water partition coefficient (Wildman–Crippen LogP) is 2.58. The monoisotopic (exact) mass is 321 g/mol. The third-order valence-corrected chi connectivity index (χ3v) is 3.26. The topological polar surface area (TPSA) is 57.6 Å². The summed E-state index contributed by atoms with van der Waals surface area (Å²) in [7, 11) is 0. The van der Waals surface area contributed by atoms with Crippen LogP contribution in [0.5, 0.6) is 0 Å². The average Bonchev–Trinajstić information content (AvgIpc) is 2.73.